The average molecular weight is 343 g/mol. The zero-order valence-electron chi connectivity index (χ0n) is 16.0. The molecule has 0 radical (unpaired) electrons. The Labute approximate surface area is 142 Å². The summed E-state index contributed by atoms with van der Waals surface area (Å²) >= 11 is 0. The molecule has 1 aliphatic rings. The average Bonchev–Trinajstić information content (AvgIpc) is 3.07. The molecule has 23 heavy (non-hydrogen) atoms. The van der Waals surface area contributed by atoms with Crippen molar-refractivity contribution in [3.05, 3.63) is 12.2 Å². The number of carboxylic acid groups (broad SMARTS) is 1. The lowest BCUT2D eigenvalue weighted by atomic mass is 9.92. The number of hydrogen-bond donors (Lipinski definition) is 1. The quantitative estimate of drug-likeness (QED) is 0.397. The number of hydrogen-bond acceptors (Lipinski definition) is 3. The van der Waals surface area contributed by atoms with E-state index in [0.29, 0.717) is 5.92 Å². The third-order valence-corrected chi connectivity index (χ3v) is 9.85. The Bertz CT molecular complexity index is 452. The molecule has 5 heteroatoms. The lowest BCUT2D eigenvalue weighted by molar-refractivity contribution is -0.131. The van der Waals surface area contributed by atoms with Crippen molar-refractivity contribution in [3.63, 3.8) is 0 Å². The van der Waals surface area contributed by atoms with Crippen molar-refractivity contribution >= 4 is 14.3 Å². The molecule has 0 spiro atoms. The highest BCUT2D eigenvalue weighted by Gasteiger charge is 2.53. The Kier molecular flexibility index (Phi) is 6.27. The van der Waals surface area contributed by atoms with Gasteiger partial charge in [0.15, 0.2) is 8.32 Å². The molecule has 4 atom stereocenters. The molecule has 0 aromatic heterocycles. The second-order valence-corrected chi connectivity index (χ2v) is 13.3. The van der Waals surface area contributed by atoms with Gasteiger partial charge in [0.1, 0.15) is 5.60 Å². The summed E-state index contributed by atoms with van der Waals surface area (Å²) in [5.74, 6) is -0.589. The second kappa shape index (κ2) is 7.07. The number of ether oxygens (including phenoxy) is 1. The van der Waals surface area contributed by atoms with Gasteiger partial charge in [-0.2, -0.15) is 0 Å². The smallest absolute Gasteiger partial charge is 0.328 e. The minimum absolute atomic E-state index is 0.0789. The van der Waals surface area contributed by atoms with Crippen molar-refractivity contribution in [1.29, 1.82) is 0 Å². The first-order valence-corrected chi connectivity index (χ1v) is 11.5. The third-order valence-electron chi connectivity index (χ3n) is 5.32. The lowest BCUT2D eigenvalue weighted by Gasteiger charge is -2.39. The lowest BCUT2D eigenvalue weighted by Crippen LogP contribution is -2.44. The van der Waals surface area contributed by atoms with E-state index in [1.54, 1.807) is 6.08 Å². The molecule has 0 aromatic rings. The molecule has 134 valence electrons. The van der Waals surface area contributed by atoms with Crippen molar-refractivity contribution in [1.82, 2.24) is 0 Å². The van der Waals surface area contributed by atoms with Crippen LogP contribution in [0.1, 0.15) is 54.4 Å². The molecule has 0 aromatic carbocycles. The Morgan fingerprint density at radius 2 is 2.00 bits per heavy atom. The van der Waals surface area contributed by atoms with Crippen LogP contribution in [0.5, 0.6) is 0 Å². The van der Waals surface area contributed by atoms with Crippen LogP contribution < -0.4 is 0 Å². The van der Waals surface area contributed by atoms with Crippen LogP contribution >= 0.6 is 0 Å². The van der Waals surface area contributed by atoms with E-state index >= 15 is 0 Å². The van der Waals surface area contributed by atoms with Gasteiger partial charge in [-0.3, -0.25) is 0 Å². The Hall–Kier alpha value is -0.653. The van der Waals surface area contributed by atoms with Gasteiger partial charge < -0.3 is 14.3 Å². The normalized spacial score (nSPS) is 27.9. The zero-order chi connectivity index (χ0) is 18.1. The Morgan fingerprint density at radius 1 is 1.43 bits per heavy atom. The molecule has 1 heterocycles. The van der Waals surface area contributed by atoms with E-state index in [0.717, 1.165) is 12.8 Å². The second-order valence-electron chi connectivity index (χ2n) is 8.52. The number of carbonyl (C=O) groups is 1. The highest BCUT2D eigenvalue weighted by atomic mass is 28.4. The molecule has 0 amide bonds. The summed E-state index contributed by atoms with van der Waals surface area (Å²) in [5, 5.41) is 8.97. The predicted octanol–water partition coefficient (Wildman–Crippen LogP) is 4.61. The molecular weight excluding hydrogens is 308 g/mol. The third kappa shape index (κ3) is 5.43. The molecule has 1 aliphatic heterocycles. The summed E-state index contributed by atoms with van der Waals surface area (Å²) in [6.45, 7) is 17.6. The van der Waals surface area contributed by atoms with Crippen LogP contribution in [0.3, 0.4) is 0 Å². The van der Waals surface area contributed by atoms with Crippen LogP contribution in [0.25, 0.3) is 0 Å². The summed E-state index contributed by atoms with van der Waals surface area (Å²) in [4.78, 5) is 10.7. The van der Waals surface area contributed by atoms with Gasteiger partial charge in [0.2, 0.25) is 0 Å². The van der Waals surface area contributed by atoms with Gasteiger partial charge in [0, 0.05) is 12.2 Å². The van der Waals surface area contributed by atoms with Gasteiger partial charge in [-0.25, -0.2) is 4.79 Å². The first kappa shape index (κ1) is 20.4. The van der Waals surface area contributed by atoms with Crippen LogP contribution in [0.2, 0.25) is 18.1 Å². The molecular formula is C18H34O4Si. The van der Waals surface area contributed by atoms with Gasteiger partial charge in [0.05, 0.1) is 6.10 Å². The number of carboxylic acids is 1. The summed E-state index contributed by atoms with van der Waals surface area (Å²) in [6.07, 6.45) is 5.09. The minimum Gasteiger partial charge on any atom is -0.478 e. The largest absolute Gasteiger partial charge is 0.478 e. The van der Waals surface area contributed by atoms with Crippen molar-refractivity contribution in [2.75, 3.05) is 0 Å². The van der Waals surface area contributed by atoms with E-state index in [1.807, 2.05) is 6.92 Å². The van der Waals surface area contributed by atoms with Crippen LogP contribution in [-0.2, 0) is 14.0 Å². The number of rotatable bonds is 8. The summed E-state index contributed by atoms with van der Waals surface area (Å²) < 4.78 is 12.3. The number of aliphatic carboxylic acids is 1. The van der Waals surface area contributed by atoms with Crippen molar-refractivity contribution in [3.8, 4) is 0 Å². The van der Waals surface area contributed by atoms with Gasteiger partial charge in [0.25, 0.3) is 0 Å². The summed E-state index contributed by atoms with van der Waals surface area (Å²) in [6, 6.07) is 0. The molecule has 1 N–H and O–H groups in total. The monoisotopic (exact) mass is 342 g/mol. The first-order chi connectivity index (χ1) is 10.3. The minimum atomic E-state index is -1.77. The predicted molar refractivity (Wildman–Crippen MR) is 96.2 cm³/mol. The number of epoxide rings is 1. The van der Waals surface area contributed by atoms with Crippen molar-refractivity contribution in [2.45, 2.75) is 90.3 Å². The van der Waals surface area contributed by atoms with E-state index in [-0.39, 0.29) is 17.2 Å². The fourth-order valence-electron chi connectivity index (χ4n) is 2.72. The zero-order valence-corrected chi connectivity index (χ0v) is 17.0. The highest BCUT2D eigenvalue weighted by molar-refractivity contribution is 6.74. The van der Waals surface area contributed by atoms with E-state index in [4.69, 9.17) is 14.3 Å². The molecule has 0 saturated carbocycles. The summed E-state index contributed by atoms with van der Waals surface area (Å²) in [7, 11) is -1.77. The van der Waals surface area contributed by atoms with Crippen LogP contribution in [-0.4, -0.2) is 37.2 Å². The molecule has 4 nitrogen and oxygen atoms in total. The van der Waals surface area contributed by atoms with Crippen LogP contribution in [0.4, 0.5) is 0 Å². The Morgan fingerprint density at radius 3 is 2.43 bits per heavy atom. The molecule has 0 unspecified atom stereocenters. The highest BCUT2D eigenvalue weighted by Crippen LogP contribution is 2.45. The van der Waals surface area contributed by atoms with E-state index in [2.05, 4.69) is 47.7 Å². The van der Waals surface area contributed by atoms with E-state index in [9.17, 15) is 4.79 Å². The first-order valence-electron chi connectivity index (χ1n) is 8.60. The standard InChI is InChI=1S/C18H34O4Si/c1-9-14(22-23(7,8)17(3,4)5)12-13(2)16-18(6,21-16)11-10-15(19)20/h10-11,13-14,16H,9,12H2,1-8H3,(H,19,20)/b11-10+/t13-,14+,16+,18+/m0/s1. The van der Waals surface area contributed by atoms with Gasteiger partial charge in [-0.15, -0.1) is 0 Å². The van der Waals surface area contributed by atoms with Gasteiger partial charge in [-0.1, -0.05) is 34.6 Å². The van der Waals surface area contributed by atoms with Crippen LogP contribution in [0.15, 0.2) is 12.2 Å². The molecule has 0 aliphatic carbocycles. The fraction of sp³-hybridized carbons (Fsp3) is 0.833. The van der Waals surface area contributed by atoms with E-state index in [1.165, 1.54) is 6.08 Å². The maximum atomic E-state index is 10.7. The topological polar surface area (TPSA) is 59.1 Å². The molecule has 1 rings (SSSR count). The van der Waals surface area contributed by atoms with Gasteiger partial charge in [-0.05, 0) is 49.9 Å². The molecule has 0 bridgehead atoms. The van der Waals surface area contributed by atoms with Gasteiger partial charge >= 0.3 is 5.97 Å². The molecule has 1 saturated heterocycles. The van der Waals surface area contributed by atoms with E-state index < -0.39 is 19.9 Å². The Balaban J connectivity index is 2.62. The van der Waals surface area contributed by atoms with Crippen molar-refractivity contribution < 1.29 is 19.1 Å². The summed E-state index contributed by atoms with van der Waals surface area (Å²) in [5.41, 5.74) is -0.437. The fourth-order valence-corrected chi connectivity index (χ4v) is 4.17. The van der Waals surface area contributed by atoms with Crippen LogP contribution in [0, 0.1) is 5.92 Å². The maximum Gasteiger partial charge on any atom is 0.328 e. The van der Waals surface area contributed by atoms with Crippen molar-refractivity contribution in [2.24, 2.45) is 5.92 Å². The SMILES string of the molecule is CC[C@H](C[C@H](C)[C@H]1O[C@]1(C)/C=C/C(=O)O)O[Si](C)(C)C(C)(C)C. The molecule has 1 fully saturated rings. The maximum absolute atomic E-state index is 10.7.